The molecule has 222 valence electrons. The van der Waals surface area contributed by atoms with E-state index in [1.165, 1.54) is 22.9 Å². The van der Waals surface area contributed by atoms with Crippen LogP contribution in [0.4, 0.5) is 8.78 Å². The van der Waals surface area contributed by atoms with Crippen LogP contribution in [0.3, 0.4) is 0 Å². The molecule has 5 aromatic rings. The maximum Gasteiger partial charge on any atom is 0.308 e. The van der Waals surface area contributed by atoms with E-state index in [2.05, 4.69) is 0 Å². The highest BCUT2D eigenvalue weighted by Crippen LogP contribution is 2.42. The number of nitrogens with zero attached hydrogens (tertiary/aromatic N) is 4. The molecule has 3 aromatic carbocycles. The molecule has 0 aliphatic carbocycles. The highest BCUT2D eigenvalue weighted by atomic mass is 32.1. The maximum atomic E-state index is 15.7. The van der Waals surface area contributed by atoms with Crippen molar-refractivity contribution in [2.24, 2.45) is 0 Å². The van der Waals surface area contributed by atoms with Crippen molar-refractivity contribution in [3.63, 3.8) is 0 Å². The molecule has 1 amide bonds. The number of hydrogen-bond acceptors (Lipinski definition) is 7. The Morgan fingerprint density at radius 3 is 2.64 bits per heavy atom. The number of halogens is 2. The van der Waals surface area contributed by atoms with Gasteiger partial charge in [0.1, 0.15) is 18.8 Å². The van der Waals surface area contributed by atoms with Crippen molar-refractivity contribution in [2.45, 2.75) is 25.4 Å². The molecule has 0 N–H and O–H groups in total. The second kappa shape index (κ2) is 10.1. The number of carbonyl (C=O) groups excluding carboxylic acids is 1. The number of carbonyl (C=O) groups is 1. The van der Waals surface area contributed by atoms with Gasteiger partial charge in [0.25, 0.3) is 5.91 Å². The molecule has 0 spiro atoms. The van der Waals surface area contributed by atoms with E-state index < -0.39 is 35.2 Å². The van der Waals surface area contributed by atoms with Crippen LogP contribution in [-0.2, 0) is 17.9 Å². The molecule has 1 fully saturated rings. The van der Waals surface area contributed by atoms with Crippen molar-refractivity contribution in [2.75, 3.05) is 24.8 Å². The van der Waals surface area contributed by atoms with Crippen LogP contribution in [0.1, 0.15) is 38.8 Å². The van der Waals surface area contributed by atoms with E-state index in [1.54, 1.807) is 9.58 Å². The molecule has 0 radical (unpaired) electrons. The quantitative estimate of drug-likeness (QED) is 0.305. The average molecular weight is 615 g/mol. The molecule has 2 aromatic heterocycles. The van der Waals surface area contributed by atoms with Crippen LogP contribution in [0.5, 0.6) is 5.75 Å². The number of thiazole rings is 1. The van der Waals surface area contributed by atoms with Gasteiger partial charge in [-0.1, -0.05) is 59.9 Å². The van der Waals surface area contributed by atoms with Crippen molar-refractivity contribution in [3.05, 3.63) is 132 Å². The Bertz CT molecular complexity index is 2090. The first kappa shape index (κ1) is 26.8. The summed E-state index contributed by atoms with van der Waals surface area (Å²) in [6.45, 7) is 0.551. The topological polar surface area (TPSA) is 86.0 Å². The van der Waals surface area contributed by atoms with Crippen molar-refractivity contribution in [1.82, 2.24) is 14.1 Å². The summed E-state index contributed by atoms with van der Waals surface area (Å²) in [7, 11) is 0. The number of amides is 1. The number of pyridine rings is 1. The molecule has 0 bridgehead atoms. The van der Waals surface area contributed by atoms with Crippen LogP contribution in [-0.4, -0.2) is 46.0 Å². The van der Waals surface area contributed by atoms with E-state index in [-0.39, 0.29) is 54.8 Å². The molecular weight excluding hydrogens is 590 g/mol. The third-order valence-electron chi connectivity index (χ3n) is 8.50. The smallest absolute Gasteiger partial charge is 0.308 e. The highest BCUT2D eigenvalue weighted by Gasteiger charge is 2.46. The molecular formula is C32H24F2N4O5S. The predicted octanol–water partition coefficient (Wildman–Crippen LogP) is 3.98. The first-order chi connectivity index (χ1) is 21.4. The van der Waals surface area contributed by atoms with Crippen LogP contribution in [0, 0.1) is 11.6 Å². The summed E-state index contributed by atoms with van der Waals surface area (Å²) < 4.78 is 46.1. The minimum absolute atomic E-state index is 0.0230. The lowest BCUT2D eigenvalue weighted by molar-refractivity contribution is -0.0198. The zero-order valence-electron chi connectivity index (χ0n) is 23.1. The van der Waals surface area contributed by atoms with E-state index in [0.717, 1.165) is 23.0 Å². The van der Waals surface area contributed by atoms with E-state index in [0.29, 0.717) is 21.3 Å². The minimum atomic E-state index is -1.04. The van der Waals surface area contributed by atoms with Crippen LogP contribution in [0.25, 0.3) is 10.2 Å². The van der Waals surface area contributed by atoms with Gasteiger partial charge in [-0.2, -0.15) is 0 Å². The molecule has 3 aliphatic heterocycles. The van der Waals surface area contributed by atoms with Crippen LogP contribution in [0.15, 0.2) is 82.5 Å². The van der Waals surface area contributed by atoms with Crippen LogP contribution >= 0.6 is 11.3 Å². The fourth-order valence-electron chi connectivity index (χ4n) is 6.54. The minimum Gasteiger partial charge on any atom is -0.482 e. The van der Waals surface area contributed by atoms with Gasteiger partial charge in [-0.3, -0.25) is 28.6 Å². The van der Waals surface area contributed by atoms with Gasteiger partial charge in [0.2, 0.25) is 5.43 Å². The summed E-state index contributed by atoms with van der Waals surface area (Å²) in [5.41, 5.74) is 2.12. The zero-order chi connectivity index (χ0) is 30.1. The SMILES string of the molecule is O=C1c2c(OCc3ccccc3)c(=O)ccn2N(C2c3ccc(F)c(F)c3Cn3c(=O)sc4cccc2c43)[C@@H]2COCCN12. The van der Waals surface area contributed by atoms with E-state index in [4.69, 9.17) is 9.47 Å². The number of ether oxygens (including phenoxy) is 2. The summed E-state index contributed by atoms with van der Waals surface area (Å²) in [5, 5.41) is 1.85. The third kappa shape index (κ3) is 3.94. The van der Waals surface area contributed by atoms with Gasteiger partial charge >= 0.3 is 4.87 Å². The van der Waals surface area contributed by atoms with Gasteiger partial charge in [-0.25, -0.2) is 8.78 Å². The van der Waals surface area contributed by atoms with E-state index in [1.807, 2.05) is 53.5 Å². The van der Waals surface area contributed by atoms with Gasteiger partial charge in [0.15, 0.2) is 23.1 Å². The fourth-order valence-corrected chi connectivity index (χ4v) is 7.46. The number of morpholine rings is 1. The first-order valence-corrected chi connectivity index (χ1v) is 14.9. The molecule has 9 nitrogen and oxygen atoms in total. The summed E-state index contributed by atoms with van der Waals surface area (Å²) in [6.07, 6.45) is 0.827. The Hall–Kier alpha value is -4.81. The zero-order valence-corrected chi connectivity index (χ0v) is 23.9. The largest absolute Gasteiger partial charge is 0.482 e. The summed E-state index contributed by atoms with van der Waals surface area (Å²) >= 11 is 1.03. The Kier molecular flexibility index (Phi) is 6.17. The lowest BCUT2D eigenvalue weighted by Crippen LogP contribution is -2.66. The highest BCUT2D eigenvalue weighted by molar-refractivity contribution is 7.16. The fraction of sp³-hybridized carbons (Fsp3) is 0.219. The first-order valence-electron chi connectivity index (χ1n) is 14.1. The predicted molar refractivity (Wildman–Crippen MR) is 159 cm³/mol. The van der Waals surface area contributed by atoms with Crippen molar-refractivity contribution < 1.29 is 23.0 Å². The molecule has 44 heavy (non-hydrogen) atoms. The van der Waals surface area contributed by atoms with Crippen LogP contribution < -0.4 is 20.0 Å². The van der Waals surface area contributed by atoms with Crippen molar-refractivity contribution in [3.8, 4) is 5.75 Å². The second-order valence-corrected chi connectivity index (χ2v) is 11.9. The molecule has 1 unspecified atom stereocenters. The Morgan fingerprint density at radius 1 is 0.955 bits per heavy atom. The molecule has 8 rings (SSSR count). The Morgan fingerprint density at radius 2 is 1.80 bits per heavy atom. The Balaban J connectivity index is 1.40. The molecule has 12 heteroatoms. The number of aromatic nitrogens is 2. The van der Waals surface area contributed by atoms with Gasteiger partial charge in [-0.05, 0) is 23.3 Å². The van der Waals surface area contributed by atoms with Crippen LogP contribution in [0.2, 0.25) is 0 Å². The summed E-state index contributed by atoms with van der Waals surface area (Å²) in [5.74, 6) is -2.57. The average Bonchev–Trinajstić information content (AvgIpc) is 3.27. The van der Waals surface area contributed by atoms with Gasteiger partial charge in [0, 0.05) is 29.9 Å². The molecule has 3 aliphatic rings. The molecule has 1 saturated heterocycles. The number of rotatable bonds is 4. The van der Waals surface area contributed by atoms with E-state index in [9.17, 15) is 18.8 Å². The summed E-state index contributed by atoms with van der Waals surface area (Å²) in [4.78, 5) is 41.9. The maximum absolute atomic E-state index is 15.7. The number of hydrogen-bond donors (Lipinski definition) is 0. The Labute approximate surface area is 252 Å². The number of fused-ring (bicyclic) bond motifs is 3. The van der Waals surface area contributed by atoms with Gasteiger partial charge in [0.05, 0.1) is 30.0 Å². The lowest BCUT2D eigenvalue weighted by Gasteiger charge is -2.51. The van der Waals surface area contributed by atoms with Crippen molar-refractivity contribution >= 4 is 27.5 Å². The normalized spacial score (nSPS) is 18.9. The molecule has 2 atom stereocenters. The lowest BCUT2D eigenvalue weighted by atomic mass is 9.93. The van der Waals surface area contributed by atoms with Gasteiger partial charge < -0.3 is 14.4 Å². The number of para-hydroxylation sites is 1. The standard InChI is InChI=1S/C32H24F2N4O5S/c33-22-10-9-19-21(26(22)34)15-36-28-20(7-4-8-24(28)44-32(36)41)27(19)38-25-17-42-14-13-35(25)31(40)29-30(23(39)11-12-37(29)38)43-16-18-5-2-1-3-6-18/h1-12,25,27H,13-17H2/t25-,27?/m1/s1. The number of benzene rings is 3. The van der Waals surface area contributed by atoms with E-state index >= 15 is 4.39 Å². The molecule has 5 heterocycles. The van der Waals surface area contributed by atoms with Crippen molar-refractivity contribution in [1.29, 1.82) is 0 Å². The third-order valence-corrected chi connectivity index (χ3v) is 9.45. The molecule has 0 saturated carbocycles. The monoisotopic (exact) mass is 614 g/mol. The summed E-state index contributed by atoms with van der Waals surface area (Å²) in [6, 6.07) is 17.9. The van der Waals surface area contributed by atoms with Gasteiger partial charge in [-0.15, -0.1) is 0 Å². The second-order valence-electron chi connectivity index (χ2n) is 10.9.